The van der Waals surface area contributed by atoms with Crippen LogP contribution in [0.5, 0.6) is 0 Å². The lowest BCUT2D eigenvalue weighted by Crippen LogP contribution is -2.65. The zero-order valence-corrected chi connectivity index (χ0v) is 39.5. The van der Waals surface area contributed by atoms with Crippen molar-refractivity contribution in [2.75, 3.05) is 25.7 Å². The standard InChI is InChI=1S/C56H61BrO10/c1-58-55-47(32-57)50(61-35-43-24-12-4-13-25-43)52(49(65-55)40-60-34-42-22-10-3-11-23-42)67-56-54(64-38-46-30-18-7-19-31-46)53(63-37-45-28-16-6-17-29-45)51(62-36-44-26-14-5-15-27-44)48(66-56)39-59-33-41-20-8-2-9-21-41/h2-31,47-56H,32-40H2,1H3/t47-,48-,49-,50-,51-,52-,53+,54-,55-,56-/m1/s1. The fourth-order valence-corrected chi connectivity index (χ4v) is 9.19. The molecule has 2 saturated heterocycles. The first kappa shape index (κ1) is 48.8. The lowest BCUT2D eigenvalue weighted by atomic mass is 9.91. The minimum atomic E-state index is -1.02. The van der Waals surface area contributed by atoms with E-state index in [-0.39, 0.29) is 25.7 Å². The van der Waals surface area contributed by atoms with Crippen molar-refractivity contribution in [3.05, 3.63) is 215 Å². The van der Waals surface area contributed by atoms with Crippen molar-refractivity contribution >= 4 is 15.9 Å². The fraction of sp³-hybridized carbons (Fsp3) is 0.357. The van der Waals surface area contributed by atoms with Gasteiger partial charge in [0.1, 0.15) is 36.6 Å². The van der Waals surface area contributed by atoms with Gasteiger partial charge in [0.2, 0.25) is 0 Å². The molecule has 8 rings (SSSR count). The fourth-order valence-electron chi connectivity index (χ4n) is 8.51. The third-order valence-corrected chi connectivity index (χ3v) is 12.7. The molecular weight excluding hydrogens is 913 g/mol. The molecule has 0 spiro atoms. The second kappa shape index (κ2) is 26.2. The van der Waals surface area contributed by atoms with Gasteiger partial charge in [0.25, 0.3) is 0 Å². The Bertz CT molecular complexity index is 2250. The number of benzene rings is 6. The van der Waals surface area contributed by atoms with Crippen molar-refractivity contribution in [1.82, 2.24) is 0 Å². The summed E-state index contributed by atoms with van der Waals surface area (Å²) in [6.45, 7) is 2.30. The molecule has 10 nitrogen and oxygen atoms in total. The molecule has 352 valence electrons. The van der Waals surface area contributed by atoms with Crippen LogP contribution < -0.4 is 0 Å². The second-order valence-electron chi connectivity index (χ2n) is 16.8. The van der Waals surface area contributed by atoms with Gasteiger partial charge < -0.3 is 47.4 Å². The van der Waals surface area contributed by atoms with Gasteiger partial charge in [0, 0.05) is 18.4 Å². The molecule has 0 aliphatic carbocycles. The van der Waals surface area contributed by atoms with Gasteiger partial charge in [-0.05, 0) is 33.4 Å². The smallest absolute Gasteiger partial charge is 0.187 e. The average molecular weight is 974 g/mol. The molecule has 0 radical (unpaired) electrons. The summed E-state index contributed by atoms with van der Waals surface area (Å²) in [5, 5.41) is 0.510. The quantitative estimate of drug-likeness (QED) is 0.0546. The first-order valence-corrected chi connectivity index (χ1v) is 24.2. The van der Waals surface area contributed by atoms with Crippen molar-refractivity contribution in [3.63, 3.8) is 0 Å². The first-order valence-electron chi connectivity index (χ1n) is 23.1. The van der Waals surface area contributed by atoms with Gasteiger partial charge in [0.15, 0.2) is 12.6 Å². The minimum absolute atomic E-state index is 0.180. The number of rotatable bonds is 24. The van der Waals surface area contributed by atoms with Gasteiger partial charge in [-0.15, -0.1) is 0 Å². The van der Waals surface area contributed by atoms with Gasteiger partial charge in [-0.3, -0.25) is 0 Å². The van der Waals surface area contributed by atoms with Crippen LogP contribution in [0.25, 0.3) is 0 Å². The SMILES string of the molecule is CO[C@@H]1O[C@H](COCc2ccccc2)[C@@H](O[C@H]2O[C@H](COCc3ccccc3)[C@@H](OCc3ccccc3)[C@H](OCc3ccccc3)[C@H]2OCc2ccccc2)[C@H](OCc2ccccc2)[C@H]1CBr. The Kier molecular flexibility index (Phi) is 19.1. The largest absolute Gasteiger partial charge is 0.374 e. The van der Waals surface area contributed by atoms with E-state index in [1.807, 2.05) is 170 Å². The summed E-state index contributed by atoms with van der Waals surface area (Å²) in [5.74, 6) is -0.284. The molecule has 2 aliphatic rings. The van der Waals surface area contributed by atoms with Crippen LogP contribution in [0.15, 0.2) is 182 Å². The number of hydrogen-bond donors (Lipinski definition) is 0. The molecule has 11 heteroatoms. The molecule has 2 fully saturated rings. The molecule has 10 atom stereocenters. The Balaban J connectivity index is 1.17. The van der Waals surface area contributed by atoms with Crippen molar-refractivity contribution in [2.24, 2.45) is 5.92 Å². The van der Waals surface area contributed by atoms with Crippen LogP contribution in [0.4, 0.5) is 0 Å². The van der Waals surface area contributed by atoms with Crippen molar-refractivity contribution in [1.29, 1.82) is 0 Å². The van der Waals surface area contributed by atoms with Gasteiger partial charge in [-0.1, -0.05) is 198 Å². The summed E-state index contributed by atoms with van der Waals surface area (Å²) in [6.07, 6.45) is -6.38. The van der Waals surface area contributed by atoms with E-state index in [9.17, 15) is 0 Å². The minimum Gasteiger partial charge on any atom is -0.374 e. The molecule has 0 amide bonds. The summed E-state index contributed by atoms with van der Waals surface area (Å²) >= 11 is 3.80. The maximum atomic E-state index is 7.42. The highest BCUT2D eigenvalue weighted by Gasteiger charge is 2.54. The van der Waals surface area contributed by atoms with E-state index in [1.165, 1.54) is 0 Å². The maximum Gasteiger partial charge on any atom is 0.187 e. The maximum absolute atomic E-state index is 7.42. The number of hydrogen-bond acceptors (Lipinski definition) is 10. The third kappa shape index (κ3) is 14.2. The van der Waals surface area contributed by atoms with E-state index >= 15 is 0 Å². The molecule has 67 heavy (non-hydrogen) atoms. The van der Waals surface area contributed by atoms with Crippen LogP contribution in [-0.4, -0.2) is 81.0 Å². The van der Waals surface area contributed by atoms with Crippen LogP contribution in [0.1, 0.15) is 33.4 Å². The molecular formula is C56H61BrO10. The molecule has 2 heterocycles. The van der Waals surface area contributed by atoms with Crippen LogP contribution in [0, 0.1) is 5.92 Å². The molecule has 0 aromatic heterocycles. The molecule has 0 N–H and O–H groups in total. The number of alkyl halides is 1. The van der Waals surface area contributed by atoms with Gasteiger partial charge in [-0.2, -0.15) is 0 Å². The predicted octanol–water partition coefficient (Wildman–Crippen LogP) is 10.3. The molecule has 0 saturated carbocycles. The van der Waals surface area contributed by atoms with E-state index in [4.69, 9.17) is 47.4 Å². The van der Waals surface area contributed by atoms with Crippen LogP contribution in [-0.2, 0) is 87.0 Å². The van der Waals surface area contributed by atoms with E-state index in [2.05, 4.69) is 28.1 Å². The van der Waals surface area contributed by atoms with Crippen molar-refractivity contribution in [3.8, 4) is 0 Å². The monoisotopic (exact) mass is 972 g/mol. The summed E-state index contributed by atoms with van der Waals surface area (Å²) in [7, 11) is 1.65. The summed E-state index contributed by atoms with van der Waals surface area (Å²) in [6, 6.07) is 60.6. The highest BCUT2D eigenvalue weighted by atomic mass is 79.9. The lowest BCUT2D eigenvalue weighted by Gasteiger charge is -2.50. The lowest BCUT2D eigenvalue weighted by molar-refractivity contribution is -0.368. The molecule has 0 unspecified atom stereocenters. The topological polar surface area (TPSA) is 92.3 Å². The highest BCUT2D eigenvalue weighted by molar-refractivity contribution is 9.09. The Morgan fingerprint density at radius 3 is 1.09 bits per heavy atom. The van der Waals surface area contributed by atoms with Crippen LogP contribution >= 0.6 is 15.9 Å². The number of ether oxygens (including phenoxy) is 10. The van der Waals surface area contributed by atoms with Crippen LogP contribution in [0.3, 0.4) is 0 Å². The highest BCUT2D eigenvalue weighted by Crippen LogP contribution is 2.38. The Labute approximate surface area is 403 Å². The number of methoxy groups -OCH3 is 1. The van der Waals surface area contributed by atoms with Gasteiger partial charge in [0.05, 0.1) is 59.0 Å². The van der Waals surface area contributed by atoms with E-state index in [0.717, 1.165) is 33.4 Å². The van der Waals surface area contributed by atoms with E-state index in [1.54, 1.807) is 7.11 Å². The average Bonchev–Trinajstić information content (AvgIpc) is 3.39. The van der Waals surface area contributed by atoms with Crippen molar-refractivity contribution in [2.45, 2.75) is 94.9 Å². The Morgan fingerprint density at radius 1 is 0.373 bits per heavy atom. The second-order valence-corrected chi connectivity index (χ2v) is 17.4. The van der Waals surface area contributed by atoms with E-state index < -0.39 is 55.3 Å². The van der Waals surface area contributed by atoms with Crippen molar-refractivity contribution < 1.29 is 47.4 Å². The molecule has 6 aromatic carbocycles. The van der Waals surface area contributed by atoms with Gasteiger partial charge in [-0.25, -0.2) is 0 Å². The Morgan fingerprint density at radius 2 is 0.701 bits per heavy atom. The summed E-state index contributed by atoms with van der Waals surface area (Å²) < 4.78 is 68.3. The molecule has 2 aliphatic heterocycles. The van der Waals surface area contributed by atoms with Gasteiger partial charge >= 0.3 is 0 Å². The van der Waals surface area contributed by atoms with E-state index in [0.29, 0.717) is 38.4 Å². The zero-order valence-electron chi connectivity index (χ0n) is 37.9. The predicted molar refractivity (Wildman–Crippen MR) is 259 cm³/mol. The normalized spacial score (nSPS) is 25.2. The molecule has 0 bridgehead atoms. The third-order valence-electron chi connectivity index (χ3n) is 12.0. The number of halogens is 1. The van der Waals surface area contributed by atoms with Crippen LogP contribution in [0.2, 0.25) is 0 Å². The summed E-state index contributed by atoms with van der Waals surface area (Å²) in [4.78, 5) is 0. The first-order chi connectivity index (χ1) is 33.1. The molecule has 6 aromatic rings. The zero-order chi connectivity index (χ0) is 45.9. The Hall–Kier alpha value is -4.60. The summed E-state index contributed by atoms with van der Waals surface area (Å²) in [5.41, 5.74) is 6.10.